The molecule has 1 aromatic heterocycles. The van der Waals surface area contributed by atoms with Crippen LogP contribution in [0.2, 0.25) is 5.02 Å². The van der Waals surface area contributed by atoms with Crippen LogP contribution in [0.15, 0.2) is 24.4 Å². The number of halogens is 2. The summed E-state index contributed by atoms with van der Waals surface area (Å²) in [5.74, 6) is 0.127. The van der Waals surface area contributed by atoms with Crippen LogP contribution in [0.4, 0.5) is 15.0 Å². The van der Waals surface area contributed by atoms with Crippen LogP contribution in [0, 0.1) is 5.92 Å². The number of ether oxygens (including phenoxy) is 1. The van der Waals surface area contributed by atoms with Crippen molar-refractivity contribution in [3.05, 3.63) is 35.0 Å². The van der Waals surface area contributed by atoms with Gasteiger partial charge in [0.05, 0.1) is 6.54 Å². The summed E-state index contributed by atoms with van der Waals surface area (Å²) in [5.41, 5.74) is 0.0818. The standard InChI is InChI=1S/C23H27ClFN3O3/c1-23(2,3)31-22(30)28-7-6-16(19(25)12-28)17-8-14-10-20(27-21(29)13-4-5-13)26-11-15(14)9-18(17)24/h8-11,13,16,19H,4-7,12H2,1-3H3,(H,26,27,29). The molecule has 6 nitrogen and oxygen atoms in total. The molecule has 1 N–H and O–H groups in total. The molecule has 1 aromatic carbocycles. The van der Waals surface area contributed by atoms with Gasteiger partial charge in [0.15, 0.2) is 0 Å². The van der Waals surface area contributed by atoms with E-state index in [4.69, 9.17) is 16.3 Å². The van der Waals surface area contributed by atoms with Gasteiger partial charge in [-0.1, -0.05) is 11.6 Å². The molecular weight excluding hydrogens is 421 g/mol. The van der Waals surface area contributed by atoms with Crippen LogP contribution in [0.3, 0.4) is 0 Å². The lowest BCUT2D eigenvalue weighted by Gasteiger charge is -2.36. The van der Waals surface area contributed by atoms with Crippen molar-refractivity contribution in [1.82, 2.24) is 9.88 Å². The van der Waals surface area contributed by atoms with E-state index in [2.05, 4.69) is 10.3 Å². The van der Waals surface area contributed by atoms with E-state index in [1.165, 1.54) is 4.90 Å². The average Bonchev–Trinajstić information content (AvgIpc) is 3.52. The Bertz CT molecular complexity index is 1020. The van der Waals surface area contributed by atoms with E-state index in [1.54, 1.807) is 39.1 Å². The van der Waals surface area contributed by atoms with Gasteiger partial charge in [0, 0.05) is 35.0 Å². The molecule has 0 bridgehead atoms. The number of carbonyl (C=O) groups excluding carboxylic acids is 2. The molecule has 1 aliphatic heterocycles. The first-order valence-electron chi connectivity index (χ1n) is 10.6. The van der Waals surface area contributed by atoms with E-state index in [-0.39, 0.29) is 18.4 Å². The lowest BCUT2D eigenvalue weighted by molar-refractivity contribution is -0.117. The predicted octanol–water partition coefficient (Wildman–Crippen LogP) is 5.30. The summed E-state index contributed by atoms with van der Waals surface area (Å²) in [6.45, 7) is 5.72. The smallest absolute Gasteiger partial charge is 0.410 e. The van der Waals surface area contributed by atoms with Crippen molar-refractivity contribution in [2.24, 2.45) is 5.92 Å². The highest BCUT2D eigenvalue weighted by Crippen LogP contribution is 2.38. The summed E-state index contributed by atoms with van der Waals surface area (Å²) in [6.07, 6.45) is 2.18. The number of nitrogens with one attached hydrogen (secondary N) is 1. The number of amides is 2. The Balaban J connectivity index is 1.52. The molecule has 2 heterocycles. The maximum atomic E-state index is 15.1. The Morgan fingerprint density at radius 1 is 1.19 bits per heavy atom. The van der Waals surface area contributed by atoms with Gasteiger partial charge >= 0.3 is 6.09 Å². The minimum Gasteiger partial charge on any atom is -0.444 e. The Hall–Kier alpha value is -2.41. The van der Waals surface area contributed by atoms with Crippen LogP contribution in [-0.2, 0) is 9.53 Å². The minimum atomic E-state index is -1.26. The van der Waals surface area contributed by atoms with Crippen LogP contribution in [0.25, 0.3) is 10.8 Å². The molecule has 0 spiro atoms. The average molecular weight is 448 g/mol. The lowest BCUT2D eigenvalue weighted by atomic mass is 9.87. The zero-order valence-electron chi connectivity index (χ0n) is 18.0. The van der Waals surface area contributed by atoms with Crippen LogP contribution in [0.5, 0.6) is 0 Å². The maximum absolute atomic E-state index is 15.1. The van der Waals surface area contributed by atoms with Crippen molar-refractivity contribution in [2.45, 2.75) is 57.7 Å². The van der Waals surface area contributed by atoms with E-state index in [9.17, 15) is 9.59 Å². The number of hydrogen-bond donors (Lipinski definition) is 1. The molecule has 0 radical (unpaired) electrons. The predicted molar refractivity (Wildman–Crippen MR) is 118 cm³/mol. The number of nitrogens with zero attached hydrogens (tertiary/aromatic N) is 2. The summed E-state index contributed by atoms with van der Waals surface area (Å²) in [4.78, 5) is 30.0. The van der Waals surface area contributed by atoms with Crippen molar-refractivity contribution in [1.29, 1.82) is 0 Å². The number of fused-ring (bicyclic) bond motifs is 1. The van der Waals surface area contributed by atoms with E-state index in [1.807, 2.05) is 6.07 Å². The molecule has 31 heavy (non-hydrogen) atoms. The number of anilines is 1. The summed E-state index contributed by atoms with van der Waals surface area (Å²) in [7, 11) is 0. The fourth-order valence-electron chi connectivity index (χ4n) is 3.86. The first-order chi connectivity index (χ1) is 14.6. The van der Waals surface area contributed by atoms with Crippen LogP contribution in [-0.4, -0.2) is 46.7 Å². The number of rotatable bonds is 3. The van der Waals surface area contributed by atoms with Gasteiger partial charge in [0.2, 0.25) is 5.91 Å². The van der Waals surface area contributed by atoms with Gasteiger partial charge in [-0.15, -0.1) is 0 Å². The van der Waals surface area contributed by atoms with Gasteiger partial charge < -0.3 is 15.0 Å². The number of carbonyl (C=O) groups is 2. The molecular formula is C23H27ClFN3O3. The highest BCUT2D eigenvalue weighted by molar-refractivity contribution is 6.32. The molecule has 8 heteroatoms. The van der Waals surface area contributed by atoms with Gasteiger partial charge in [0.25, 0.3) is 0 Å². The molecule has 2 amide bonds. The Morgan fingerprint density at radius 2 is 1.94 bits per heavy atom. The van der Waals surface area contributed by atoms with Crippen LogP contribution < -0.4 is 5.32 Å². The number of aromatic nitrogens is 1. The number of likely N-dealkylation sites (tertiary alicyclic amines) is 1. The van der Waals surface area contributed by atoms with Crippen molar-refractivity contribution in [2.75, 3.05) is 18.4 Å². The summed E-state index contributed by atoms with van der Waals surface area (Å²) in [5, 5.41) is 4.97. The zero-order valence-corrected chi connectivity index (χ0v) is 18.7. The van der Waals surface area contributed by atoms with Gasteiger partial charge in [-0.3, -0.25) is 4.79 Å². The van der Waals surface area contributed by atoms with Crippen LogP contribution in [0.1, 0.15) is 51.5 Å². The van der Waals surface area contributed by atoms with Gasteiger partial charge in [-0.2, -0.15) is 0 Å². The Kier molecular flexibility index (Phi) is 5.81. The van der Waals surface area contributed by atoms with Gasteiger partial charge in [-0.25, -0.2) is 14.2 Å². The quantitative estimate of drug-likeness (QED) is 0.693. The second-order valence-corrected chi connectivity index (χ2v) is 9.80. The fourth-order valence-corrected chi connectivity index (χ4v) is 4.17. The molecule has 166 valence electrons. The highest BCUT2D eigenvalue weighted by Gasteiger charge is 2.35. The Labute approximate surface area is 186 Å². The number of hydrogen-bond acceptors (Lipinski definition) is 4. The first kappa shape index (κ1) is 21.8. The number of alkyl halides is 1. The van der Waals surface area contributed by atoms with Crippen LogP contribution >= 0.6 is 11.6 Å². The van der Waals surface area contributed by atoms with Gasteiger partial charge in [0.1, 0.15) is 17.6 Å². The zero-order chi connectivity index (χ0) is 22.3. The maximum Gasteiger partial charge on any atom is 0.410 e. The molecule has 1 saturated heterocycles. The molecule has 1 saturated carbocycles. The second kappa shape index (κ2) is 8.26. The van der Waals surface area contributed by atoms with Crippen molar-refractivity contribution >= 4 is 40.2 Å². The molecule has 2 unspecified atom stereocenters. The van der Waals surface area contributed by atoms with E-state index < -0.39 is 23.8 Å². The normalized spacial score (nSPS) is 21.8. The lowest BCUT2D eigenvalue weighted by Crippen LogP contribution is -2.46. The summed E-state index contributed by atoms with van der Waals surface area (Å²) < 4.78 is 20.5. The molecule has 1 aliphatic carbocycles. The second-order valence-electron chi connectivity index (χ2n) is 9.39. The third kappa shape index (κ3) is 5.09. The molecule has 2 aromatic rings. The first-order valence-corrected chi connectivity index (χ1v) is 11.0. The van der Waals surface area contributed by atoms with Crippen molar-refractivity contribution in [3.8, 4) is 0 Å². The monoisotopic (exact) mass is 447 g/mol. The number of piperidine rings is 1. The fraction of sp³-hybridized carbons (Fsp3) is 0.522. The summed E-state index contributed by atoms with van der Waals surface area (Å²) >= 11 is 6.49. The Morgan fingerprint density at radius 3 is 2.58 bits per heavy atom. The highest BCUT2D eigenvalue weighted by atomic mass is 35.5. The third-order valence-electron chi connectivity index (χ3n) is 5.63. The van der Waals surface area contributed by atoms with E-state index in [0.717, 1.165) is 23.6 Å². The topological polar surface area (TPSA) is 71.5 Å². The minimum absolute atomic E-state index is 0.0145. The van der Waals surface area contributed by atoms with Gasteiger partial charge in [-0.05, 0) is 69.2 Å². The largest absolute Gasteiger partial charge is 0.444 e. The number of pyridine rings is 1. The third-order valence-corrected chi connectivity index (χ3v) is 5.96. The summed E-state index contributed by atoms with van der Waals surface area (Å²) in [6, 6.07) is 5.43. The van der Waals surface area contributed by atoms with Crippen molar-refractivity contribution < 1.29 is 18.7 Å². The van der Waals surface area contributed by atoms with E-state index >= 15 is 4.39 Å². The molecule has 4 rings (SSSR count). The molecule has 2 aliphatic rings. The van der Waals surface area contributed by atoms with E-state index in [0.29, 0.717) is 29.4 Å². The molecule has 2 atom stereocenters. The SMILES string of the molecule is CC(C)(C)OC(=O)N1CCC(c2cc3cc(NC(=O)C4CC4)ncc3cc2Cl)C(F)C1. The molecule has 2 fully saturated rings. The van der Waals surface area contributed by atoms with Crippen molar-refractivity contribution in [3.63, 3.8) is 0 Å². The number of benzene rings is 1.